The van der Waals surface area contributed by atoms with E-state index in [-0.39, 0.29) is 30.7 Å². The fraction of sp³-hybridized carbons (Fsp3) is 0.412. The number of furan rings is 1. The number of oxazole rings is 1. The van der Waals surface area contributed by atoms with Gasteiger partial charge in [-0.3, -0.25) is 19.7 Å². The molecule has 130 valence electrons. The molecular formula is C17H17N3O5. The van der Waals surface area contributed by atoms with Gasteiger partial charge in [0.2, 0.25) is 17.7 Å². The molecule has 1 aliphatic heterocycles. The molecule has 2 aliphatic rings. The zero-order valence-corrected chi connectivity index (χ0v) is 13.7. The van der Waals surface area contributed by atoms with Crippen LogP contribution in [0.3, 0.4) is 0 Å². The molecule has 1 saturated heterocycles. The number of aryl methyl sites for hydroxylation is 1. The lowest BCUT2D eigenvalue weighted by Gasteiger charge is -2.26. The van der Waals surface area contributed by atoms with Crippen molar-refractivity contribution < 1.29 is 23.2 Å². The molecule has 0 spiro atoms. The zero-order chi connectivity index (χ0) is 17.6. The summed E-state index contributed by atoms with van der Waals surface area (Å²) in [5, 5.41) is 2.26. The van der Waals surface area contributed by atoms with E-state index in [1.807, 2.05) is 0 Å². The van der Waals surface area contributed by atoms with Crippen molar-refractivity contribution >= 4 is 17.7 Å². The third kappa shape index (κ3) is 2.95. The molecule has 2 fully saturated rings. The number of hydrogen-bond donors (Lipinski definition) is 1. The summed E-state index contributed by atoms with van der Waals surface area (Å²) in [6, 6.07) is 2.75. The van der Waals surface area contributed by atoms with Crippen molar-refractivity contribution in [1.29, 1.82) is 0 Å². The Morgan fingerprint density at radius 1 is 1.40 bits per heavy atom. The lowest BCUT2D eigenvalue weighted by molar-refractivity contribution is -0.139. The molecule has 8 heteroatoms. The summed E-state index contributed by atoms with van der Waals surface area (Å²) in [5.41, 5.74) is 0.506. The zero-order valence-electron chi connectivity index (χ0n) is 13.7. The largest absolute Gasteiger partial charge is 0.459 e. The van der Waals surface area contributed by atoms with Crippen molar-refractivity contribution in [2.75, 3.05) is 0 Å². The minimum Gasteiger partial charge on any atom is -0.459 e. The molecule has 0 aromatic carbocycles. The highest BCUT2D eigenvalue weighted by atomic mass is 16.4. The second-order valence-corrected chi connectivity index (χ2v) is 6.34. The number of aromatic nitrogens is 1. The van der Waals surface area contributed by atoms with E-state index in [0.717, 1.165) is 12.8 Å². The molecule has 0 bridgehead atoms. The van der Waals surface area contributed by atoms with Crippen LogP contribution in [-0.2, 0) is 20.8 Å². The van der Waals surface area contributed by atoms with Crippen molar-refractivity contribution in [1.82, 2.24) is 15.2 Å². The summed E-state index contributed by atoms with van der Waals surface area (Å²) in [7, 11) is 0. The lowest BCUT2D eigenvalue weighted by Crippen LogP contribution is -2.46. The Balaban J connectivity index is 1.54. The van der Waals surface area contributed by atoms with E-state index >= 15 is 0 Å². The normalized spacial score (nSPS) is 20.0. The maximum absolute atomic E-state index is 12.8. The highest BCUT2D eigenvalue weighted by Gasteiger charge is 2.44. The summed E-state index contributed by atoms with van der Waals surface area (Å²) in [4.78, 5) is 42.1. The highest BCUT2D eigenvalue weighted by molar-refractivity contribution is 6.07. The smallest absolute Gasteiger partial charge is 0.263 e. The number of carbonyl (C=O) groups excluding carboxylic acids is 3. The molecule has 0 radical (unpaired) electrons. The first-order chi connectivity index (χ1) is 12.0. The van der Waals surface area contributed by atoms with E-state index in [2.05, 4.69) is 10.3 Å². The molecule has 1 aliphatic carbocycles. The van der Waals surface area contributed by atoms with Gasteiger partial charge in [0.1, 0.15) is 11.8 Å². The maximum Gasteiger partial charge on any atom is 0.263 e. The number of rotatable bonds is 5. The molecule has 0 unspecified atom stereocenters. The van der Waals surface area contributed by atoms with Crippen LogP contribution in [0.15, 0.2) is 27.2 Å². The minimum atomic E-state index is -0.718. The summed E-state index contributed by atoms with van der Waals surface area (Å²) in [5.74, 6) is 0.366. The van der Waals surface area contributed by atoms with E-state index < -0.39 is 11.9 Å². The van der Waals surface area contributed by atoms with Crippen LogP contribution < -0.4 is 5.32 Å². The minimum absolute atomic E-state index is 0.0184. The Labute approximate surface area is 143 Å². The lowest BCUT2D eigenvalue weighted by atomic mass is 10.1. The molecule has 2 aromatic rings. The third-order valence-electron chi connectivity index (χ3n) is 4.45. The van der Waals surface area contributed by atoms with E-state index in [1.54, 1.807) is 24.0 Å². The van der Waals surface area contributed by atoms with Crippen LogP contribution >= 0.6 is 0 Å². The van der Waals surface area contributed by atoms with E-state index in [1.165, 1.54) is 6.26 Å². The van der Waals surface area contributed by atoms with Crippen LogP contribution in [0.2, 0.25) is 0 Å². The van der Waals surface area contributed by atoms with Crippen LogP contribution in [0.5, 0.6) is 0 Å². The second kappa shape index (κ2) is 5.87. The van der Waals surface area contributed by atoms with Crippen LogP contribution in [0.4, 0.5) is 0 Å². The SMILES string of the molecule is Cc1oc(-c2ccco2)nc1CC(=O)N(C1CC1)[C@H]1CC(=O)NC1=O. The predicted octanol–water partition coefficient (Wildman–Crippen LogP) is 1.19. The second-order valence-electron chi connectivity index (χ2n) is 6.34. The number of hydrogen-bond acceptors (Lipinski definition) is 6. The number of nitrogens with one attached hydrogen (secondary N) is 1. The summed E-state index contributed by atoms with van der Waals surface area (Å²) < 4.78 is 10.8. The van der Waals surface area contributed by atoms with E-state index in [0.29, 0.717) is 23.1 Å². The van der Waals surface area contributed by atoms with Gasteiger partial charge in [0.25, 0.3) is 5.89 Å². The maximum atomic E-state index is 12.8. The molecule has 25 heavy (non-hydrogen) atoms. The van der Waals surface area contributed by atoms with Gasteiger partial charge in [-0.25, -0.2) is 4.98 Å². The van der Waals surface area contributed by atoms with Crippen LogP contribution in [0.25, 0.3) is 11.7 Å². The molecule has 4 rings (SSSR count). The Hall–Kier alpha value is -2.90. The van der Waals surface area contributed by atoms with Crippen molar-refractivity contribution in [3.05, 3.63) is 29.9 Å². The van der Waals surface area contributed by atoms with Gasteiger partial charge in [0, 0.05) is 6.04 Å². The Kier molecular flexibility index (Phi) is 3.67. The summed E-state index contributed by atoms with van der Waals surface area (Å²) in [6.07, 6.45) is 3.25. The third-order valence-corrected chi connectivity index (χ3v) is 4.45. The fourth-order valence-corrected chi connectivity index (χ4v) is 3.08. The Morgan fingerprint density at radius 3 is 2.80 bits per heavy atom. The van der Waals surface area contributed by atoms with Gasteiger partial charge in [-0.05, 0) is 31.9 Å². The van der Waals surface area contributed by atoms with Gasteiger partial charge in [-0.1, -0.05) is 0 Å². The topological polar surface area (TPSA) is 106 Å². The first kappa shape index (κ1) is 15.6. The van der Waals surface area contributed by atoms with Crippen LogP contribution in [0.1, 0.15) is 30.7 Å². The number of nitrogens with zero attached hydrogens (tertiary/aromatic N) is 2. The van der Waals surface area contributed by atoms with E-state index in [9.17, 15) is 14.4 Å². The van der Waals surface area contributed by atoms with Gasteiger partial charge in [-0.15, -0.1) is 0 Å². The van der Waals surface area contributed by atoms with Crippen molar-refractivity contribution in [3.8, 4) is 11.7 Å². The molecule has 3 amide bonds. The Bertz CT molecular complexity index is 835. The molecular weight excluding hydrogens is 326 g/mol. The average molecular weight is 343 g/mol. The van der Waals surface area contributed by atoms with Gasteiger partial charge in [0.15, 0.2) is 5.76 Å². The fourth-order valence-electron chi connectivity index (χ4n) is 3.08. The number of amides is 3. The van der Waals surface area contributed by atoms with Crippen molar-refractivity contribution in [2.24, 2.45) is 0 Å². The van der Waals surface area contributed by atoms with Gasteiger partial charge in [0.05, 0.1) is 24.8 Å². The first-order valence-electron chi connectivity index (χ1n) is 8.18. The van der Waals surface area contributed by atoms with Crippen molar-refractivity contribution in [3.63, 3.8) is 0 Å². The molecule has 8 nitrogen and oxygen atoms in total. The molecule has 1 saturated carbocycles. The molecule has 1 atom stereocenters. The number of imide groups is 1. The average Bonchev–Trinajstić information content (AvgIpc) is 2.96. The van der Waals surface area contributed by atoms with Crippen LogP contribution in [0, 0.1) is 6.92 Å². The van der Waals surface area contributed by atoms with E-state index in [4.69, 9.17) is 8.83 Å². The molecule has 2 aromatic heterocycles. The molecule has 1 N–H and O–H groups in total. The molecule has 3 heterocycles. The quantitative estimate of drug-likeness (QED) is 0.818. The predicted molar refractivity (Wildman–Crippen MR) is 84.1 cm³/mol. The summed E-state index contributed by atoms with van der Waals surface area (Å²) in [6.45, 7) is 1.73. The standard InChI is InChI=1S/C17H17N3O5/c1-9-11(18-17(25-9)13-3-2-6-24-13)7-15(22)20(10-4-5-10)12-8-14(21)19-16(12)23/h2-3,6,10,12H,4-5,7-8H2,1H3,(H,19,21,23)/t12-/m0/s1. The monoisotopic (exact) mass is 343 g/mol. The first-order valence-corrected chi connectivity index (χ1v) is 8.18. The van der Waals surface area contributed by atoms with Crippen molar-refractivity contribution in [2.45, 2.75) is 44.7 Å². The van der Waals surface area contributed by atoms with Gasteiger partial charge >= 0.3 is 0 Å². The van der Waals surface area contributed by atoms with Gasteiger partial charge in [-0.2, -0.15) is 0 Å². The Morgan fingerprint density at radius 2 is 2.20 bits per heavy atom. The van der Waals surface area contributed by atoms with Crippen LogP contribution in [-0.4, -0.2) is 39.7 Å². The summed E-state index contributed by atoms with van der Waals surface area (Å²) >= 11 is 0. The highest BCUT2D eigenvalue weighted by Crippen LogP contribution is 2.32. The van der Waals surface area contributed by atoms with Gasteiger partial charge < -0.3 is 13.7 Å². The number of carbonyl (C=O) groups is 3.